The van der Waals surface area contributed by atoms with Crippen molar-refractivity contribution < 1.29 is 14.4 Å². The maximum absolute atomic E-state index is 12.0. The second-order valence-corrected chi connectivity index (χ2v) is 5.46. The largest absolute Gasteiger partial charge is 0.352 e. The van der Waals surface area contributed by atoms with E-state index in [4.69, 9.17) is 11.6 Å². The van der Waals surface area contributed by atoms with Crippen LogP contribution < -0.4 is 16.2 Å². The van der Waals surface area contributed by atoms with E-state index in [0.29, 0.717) is 22.7 Å². The van der Waals surface area contributed by atoms with Crippen molar-refractivity contribution in [2.24, 2.45) is 0 Å². The van der Waals surface area contributed by atoms with E-state index in [-0.39, 0.29) is 5.91 Å². The van der Waals surface area contributed by atoms with E-state index in [1.54, 1.807) is 48.5 Å². The van der Waals surface area contributed by atoms with Gasteiger partial charge in [-0.15, -0.1) is 0 Å². The quantitative estimate of drug-likeness (QED) is 0.741. The smallest absolute Gasteiger partial charge is 0.269 e. The standard InChI is InChI=1S/C17H16ClN3O3/c1-11(22)19-10-12-2-4-13(5-3-12)16(23)20-21-17(24)14-6-8-15(18)9-7-14/h2-9H,10H2,1H3,(H,19,22)(H,20,23)(H,21,24). The maximum atomic E-state index is 12.0. The van der Waals surface area contributed by atoms with Gasteiger partial charge in [-0.2, -0.15) is 0 Å². The van der Waals surface area contributed by atoms with Crippen LogP contribution in [-0.4, -0.2) is 17.7 Å². The van der Waals surface area contributed by atoms with E-state index in [0.717, 1.165) is 5.56 Å². The van der Waals surface area contributed by atoms with Crippen LogP contribution in [0.1, 0.15) is 33.2 Å². The third-order valence-corrected chi connectivity index (χ3v) is 3.41. The minimum Gasteiger partial charge on any atom is -0.352 e. The van der Waals surface area contributed by atoms with Crippen molar-refractivity contribution in [3.63, 3.8) is 0 Å². The van der Waals surface area contributed by atoms with E-state index in [1.165, 1.54) is 6.92 Å². The van der Waals surface area contributed by atoms with Gasteiger partial charge in [-0.3, -0.25) is 25.2 Å². The predicted octanol–water partition coefficient (Wildman–Crippen LogP) is 2.05. The summed E-state index contributed by atoms with van der Waals surface area (Å²) in [6.45, 7) is 1.83. The number of nitrogens with one attached hydrogen (secondary N) is 3. The van der Waals surface area contributed by atoms with E-state index >= 15 is 0 Å². The minimum atomic E-state index is -0.442. The molecule has 0 radical (unpaired) electrons. The van der Waals surface area contributed by atoms with E-state index < -0.39 is 11.8 Å². The molecule has 6 nitrogen and oxygen atoms in total. The second-order valence-electron chi connectivity index (χ2n) is 5.02. The lowest BCUT2D eigenvalue weighted by Crippen LogP contribution is -2.41. The SMILES string of the molecule is CC(=O)NCc1ccc(C(=O)NNC(=O)c2ccc(Cl)cc2)cc1. The topological polar surface area (TPSA) is 87.3 Å². The monoisotopic (exact) mass is 345 g/mol. The Balaban J connectivity index is 1.89. The summed E-state index contributed by atoms with van der Waals surface area (Å²) >= 11 is 5.75. The first kappa shape index (κ1) is 17.5. The third kappa shape index (κ3) is 5.10. The first-order chi connectivity index (χ1) is 11.5. The fraction of sp³-hybridized carbons (Fsp3) is 0.118. The van der Waals surface area contributed by atoms with Crippen LogP contribution in [-0.2, 0) is 11.3 Å². The molecule has 2 aromatic carbocycles. The average molecular weight is 346 g/mol. The molecule has 3 amide bonds. The summed E-state index contributed by atoms with van der Waals surface area (Å²) in [5.74, 6) is -1.01. The number of hydrogen-bond donors (Lipinski definition) is 3. The molecule has 0 fully saturated rings. The number of benzene rings is 2. The number of halogens is 1. The summed E-state index contributed by atoms with van der Waals surface area (Å²) in [6, 6.07) is 13.0. The van der Waals surface area contributed by atoms with Crippen LogP contribution >= 0.6 is 11.6 Å². The number of amides is 3. The number of carbonyl (C=O) groups excluding carboxylic acids is 3. The van der Waals surface area contributed by atoms with E-state index in [2.05, 4.69) is 16.2 Å². The molecule has 0 aliphatic rings. The van der Waals surface area contributed by atoms with Crippen molar-refractivity contribution in [3.8, 4) is 0 Å². The lowest BCUT2D eigenvalue weighted by atomic mass is 10.1. The Labute approximate surface area is 144 Å². The van der Waals surface area contributed by atoms with Gasteiger partial charge in [0, 0.05) is 29.6 Å². The molecular formula is C17H16ClN3O3. The Morgan fingerprint density at radius 1 is 0.833 bits per heavy atom. The Morgan fingerprint density at radius 3 is 1.75 bits per heavy atom. The highest BCUT2D eigenvalue weighted by Crippen LogP contribution is 2.09. The van der Waals surface area contributed by atoms with Gasteiger partial charge in [-0.25, -0.2) is 0 Å². The number of hydrogen-bond acceptors (Lipinski definition) is 3. The van der Waals surface area contributed by atoms with Crippen molar-refractivity contribution in [1.29, 1.82) is 0 Å². The lowest BCUT2D eigenvalue weighted by molar-refractivity contribution is -0.119. The van der Waals surface area contributed by atoms with Crippen LogP contribution in [0.2, 0.25) is 5.02 Å². The van der Waals surface area contributed by atoms with Crippen LogP contribution in [0, 0.1) is 0 Å². The molecule has 0 saturated heterocycles. The molecule has 0 aliphatic heterocycles. The highest BCUT2D eigenvalue weighted by molar-refractivity contribution is 6.30. The Kier molecular flexibility index (Phi) is 5.92. The summed E-state index contributed by atoms with van der Waals surface area (Å²) < 4.78 is 0. The fourth-order valence-electron chi connectivity index (χ4n) is 1.86. The molecule has 2 rings (SSSR count). The van der Waals surface area contributed by atoms with Crippen LogP contribution in [0.4, 0.5) is 0 Å². The zero-order valence-electron chi connectivity index (χ0n) is 12.9. The lowest BCUT2D eigenvalue weighted by Gasteiger charge is -2.08. The molecule has 7 heteroatoms. The Bertz CT molecular complexity index is 743. The Morgan fingerprint density at radius 2 is 1.29 bits per heavy atom. The molecule has 0 bridgehead atoms. The molecule has 0 unspecified atom stereocenters. The van der Waals surface area contributed by atoms with Crippen molar-refractivity contribution in [1.82, 2.24) is 16.2 Å². The van der Waals surface area contributed by atoms with Gasteiger partial charge >= 0.3 is 0 Å². The third-order valence-electron chi connectivity index (χ3n) is 3.15. The summed E-state index contributed by atoms with van der Waals surface area (Å²) in [4.78, 5) is 34.7. The minimum absolute atomic E-state index is 0.123. The molecule has 0 atom stereocenters. The number of rotatable bonds is 4. The molecule has 3 N–H and O–H groups in total. The number of carbonyl (C=O) groups is 3. The van der Waals surface area contributed by atoms with E-state index in [1.807, 2.05) is 0 Å². The van der Waals surface area contributed by atoms with E-state index in [9.17, 15) is 14.4 Å². The van der Waals surface area contributed by atoms with Crippen molar-refractivity contribution in [2.45, 2.75) is 13.5 Å². The normalized spacial score (nSPS) is 9.92. The van der Waals surface area contributed by atoms with Gasteiger partial charge in [0.1, 0.15) is 0 Å². The van der Waals surface area contributed by atoms with Gasteiger partial charge in [0.25, 0.3) is 11.8 Å². The van der Waals surface area contributed by atoms with Crippen LogP contribution in [0.25, 0.3) is 0 Å². The molecule has 0 spiro atoms. The summed E-state index contributed by atoms with van der Waals surface area (Å²) in [5.41, 5.74) is 6.31. The molecule has 0 saturated carbocycles. The van der Waals surface area contributed by atoms with Gasteiger partial charge in [-0.1, -0.05) is 23.7 Å². The van der Waals surface area contributed by atoms with Crippen LogP contribution in [0.5, 0.6) is 0 Å². The molecular weight excluding hydrogens is 330 g/mol. The molecule has 0 aromatic heterocycles. The van der Waals surface area contributed by atoms with Crippen molar-refractivity contribution in [2.75, 3.05) is 0 Å². The molecule has 0 heterocycles. The summed E-state index contributed by atoms with van der Waals surface area (Å²) in [6.07, 6.45) is 0. The zero-order valence-corrected chi connectivity index (χ0v) is 13.7. The van der Waals surface area contributed by atoms with Crippen molar-refractivity contribution >= 4 is 29.3 Å². The second kappa shape index (κ2) is 8.12. The summed E-state index contributed by atoms with van der Waals surface area (Å²) in [5, 5.41) is 3.19. The predicted molar refractivity (Wildman–Crippen MR) is 90.3 cm³/mol. The average Bonchev–Trinajstić information content (AvgIpc) is 2.58. The van der Waals surface area contributed by atoms with Gasteiger partial charge in [0.15, 0.2) is 0 Å². The summed E-state index contributed by atoms with van der Waals surface area (Å²) in [7, 11) is 0. The molecule has 124 valence electrons. The zero-order chi connectivity index (χ0) is 17.5. The van der Waals surface area contributed by atoms with Crippen LogP contribution in [0.3, 0.4) is 0 Å². The maximum Gasteiger partial charge on any atom is 0.269 e. The van der Waals surface area contributed by atoms with Gasteiger partial charge < -0.3 is 5.32 Å². The number of hydrazine groups is 1. The van der Waals surface area contributed by atoms with Crippen molar-refractivity contribution in [3.05, 3.63) is 70.2 Å². The molecule has 0 aliphatic carbocycles. The first-order valence-corrected chi connectivity index (χ1v) is 7.53. The van der Waals surface area contributed by atoms with Crippen LogP contribution in [0.15, 0.2) is 48.5 Å². The highest BCUT2D eigenvalue weighted by Gasteiger charge is 2.09. The molecule has 24 heavy (non-hydrogen) atoms. The highest BCUT2D eigenvalue weighted by atomic mass is 35.5. The van der Waals surface area contributed by atoms with Gasteiger partial charge in [0.05, 0.1) is 0 Å². The van der Waals surface area contributed by atoms with Gasteiger partial charge in [0.2, 0.25) is 5.91 Å². The first-order valence-electron chi connectivity index (χ1n) is 7.15. The Hall–Kier alpha value is -2.86. The van der Waals surface area contributed by atoms with Gasteiger partial charge in [-0.05, 0) is 42.0 Å². The fourth-order valence-corrected chi connectivity index (χ4v) is 1.99. The molecule has 2 aromatic rings.